The lowest BCUT2D eigenvalue weighted by Gasteiger charge is -2.18. The van der Waals surface area contributed by atoms with Crippen LogP contribution in [0.1, 0.15) is 20.8 Å². The van der Waals surface area contributed by atoms with E-state index in [0.717, 1.165) is 4.68 Å². The quantitative estimate of drug-likeness (QED) is 0.577. The predicted molar refractivity (Wildman–Crippen MR) is 65.8 cm³/mol. The number of benzene rings is 1. The number of hydrogen-bond acceptors (Lipinski definition) is 6. The van der Waals surface area contributed by atoms with Crippen LogP contribution in [0.2, 0.25) is 0 Å². The molecule has 1 heterocycles. The van der Waals surface area contributed by atoms with Crippen LogP contribution in [0, 0.1) is 10.1 Å². The summed E-state index contributed by atoms with van der Waals surface area (Å²) in [5, 5.41) is 18.0. The Labute approximate surface area is 108 Å². The second kappa shape index (κ2) is 4.30. The van der Waals surface area contributed by atoms with E-state index in [0.29, 0.717) is 5.52 Å². The Balaban J connectivity index is 2.41. The number of nitro benzene ring substituents is 1. The zero-order chi connectivity index (χ0) is 14.2. The van der Waals surface area contributed by atoms with Gasteiger partial charge in [-0.25, -0.2) is 4.79 Å². The number of hydrogen-bond donors (Lipinski definition) is 0. The van der Waals surface area contributed by atoms with Gasteiger partial charge in [0.25, 0.3) is 5.69 Å². The third-order valence-corrected chi connectivity index (χ3v) is 2.21. The Morgan fingerprint density at radius 1 is 1.42 bits per heavy atom. The van der Waals surface area contributed by atoms with Crippen LogP contribution in [0.3, 0.4) is 0 Å². The van der Waals surface area contributed by atoms with Crippen molar-refractivity contribution in [3.05, 3.63) is 28.3 Å². The molecule has 8 nitrogen and oxygen atoms in total. The molecule has 8 heteroatoms. The third-order valence-electron chi connectivity index (χ3n) is 2.21. The molecular weight excluding hydrogens is 252 g/mol. The number of non-ortho nitro benzene ring substituents is 1. The van der Waals surface area contributed by atoms with Crippen molar-refractivity contribution in [1.29, 1.82) is 0 Å². The molecule has 0 spiro atoms. The molecule has 1 aromatic heterocycles. The number of fused-ring (bicyclic) bond motifs is 1. The van der Waals surface area contributed by atoms with Crippen LogP contribution in [0.25, 0.3) is 11.0 Å². The van der Waals surface area contributed by atoms with E-state index < -0.39 is 16.6 Å². The van der Waals surface area contributed by atoms with Crippen molar-refractivity contribution in [3.63, 3.8) is 0 Å². The Kier molecular flexibility index (Phi) is 2.93. The molecule has 100 valence electrons. The first kappa shape index (κ1) is 12.9. The van der Waals surface area contributed by atoms with Crippen LogP contribution in [0.4, 0.5) is 10.5 Å². The molecule has 0 saturated carbocycles. The number of rotatable bonds is 1. The van der Waals surface area contributed by atoms with Crippen LogP contribution >= 0.6 is 0 Å². The van der Waals surface area contributed by atoms with Gasteiger partial charge in [-0.05, 0) is 26.8 Å². The second-order valence-electron chi connectivity index (χ2n) is 4.91. The van der Waals surface area contributed by atoms with Gasteiger partial charge in [0, 0.05) is 12.1 Å². The number of nitro groups is 1. The molecule has 1 aromatic carbocycles. The summed E-state index contributed by atoms with van der Waals surface area (Å²) in [6.45, 7) is 5.19. The molecule has 0 aliphatic carbocycles. The smallest absolute Gasteiger partial charge is 0.437 e. The molecule has 0 amide bonds. The highest BCUT2D eigenvalue weighted by Gasteiger charge is 2.21. The van der Waals surface area contributed by atoms with Crippen LogP contribution < -0.4 is 0 Å². The van der Waals surface area contributed by atoms with E-state index in [-0.39, 0.29) is 11.2 Å². The first-order valence-electron chi connectivity index (χ1n) is 5.51. The van der Waals surface area contributed by atoms with Crippen molar-refractivity contribution < 1.29 is 14.5 Å². The molecule has 0 unspecified atom stereocenters. The standard InChI is InChI=1S/C11H12N4O4/c1-11(2,3)19-10(16)14-9-5-4-7(15(17)18)6-8(9)12-13-14/h4-6H,1-3H3. The van der Waals surface area contributed by atoms with Gasteiger partial charge in [0.2, 0.25) is 0 Å². The number of nitrogens with zero attached hydrogens (tertiary/aromatic N) is 4. The van der Waals surface area contributed by atoms with Gasteiger partial charge in [-0.2, -0.15) is 0 Å². The summed E-state index contributed by atoms with van der Waals surface area (Å²) in [7, 11) is 0. The molecule has 0 N–H and O–H groups in total. The fraction of sp³-hybridized carbons (Fsp3) is 0.364. The number of aromatic nitrogens is 3. The first-order valence-corrected chi connectivity index (χ1v) is 5.51. The van der Waals surface area contributed by atoms with Gasteiger partial charge in [-0.15, -0.1) is 9.78 Å². The lowest BCUT2D eigenvalue weighted by molar-refractivity contribution is -0.384. The normalized spacial score (nSPS) is 11.5. The van der Waals surface area contributed by atoms with Crippen LogP contribution in [0.5, 0.6) is 0 Å². The molecule has 0 aliphatic heterocycles. The van der Waals surface area contributed by atoms with E-state index in [2.05, 4.69) is 10.3 Å². The molecule has 2 aromatic rings. The number of carbonyl (C=O) groups is 1. The summed E-state index contributed by atoms with van der Waals surface area (Å²) in [4.78, 5) is 22.0. The highest BCUT2D eigenvalue weighted by atomic mass is 16.6. The summed E-state index contributed by atoms with van der Waals surface area (Å²) in [5.41, 5.74) is -0.139. The maximum Gasteiger partial charge on any atom is 0.437 e. The van der Waals surface area contributed by atoms with Gasteiger partial charge in [0.05, 0.1) is 4.92 Å². The van der Waals surface area contributed by atoms with Gasteiger partial charge >= 0.3 is 6.09 Å². The fourth-order valence-corrected chi connectivity index (χ4v) is 1.47. The summed E-state index contributed by atoms with van der Waals surface area (Å²) < 4.78 is 6.13. The first-order chi connectivity index (χ1) is 8.78. The minimum atomic E-state index is -0.677. The van der Waals surface area contributed by atoms with E-state index in [4.69, 9.17) is 4.74 Å². The largest absolute Gasteiger partial charge is 0.442 e. The van der Waals surface area contributed by atoms with Crippen molar-refractivity contribution in [2.75, 3.05) is 0 Å². The predicted octanol–water partition coefficient (Wildman–Crippen LogP) is 2.12. The molecule has 0 saturated heterocycles. The molecule has 0 radical (unpaired) electrons. The monoisotopic (exact) mass is 264 g/mol. The Morgan fingerprint density at radius 3 is 2.68 bits per heavy atom. The summed E-state index contributed by atoms with van der Waals surface area (Å²) in [5.74, 6) is 0. The van der Waals surface area contributed by atoms with E-state index >= 15 is 0 Å². The molecule has 0 aliphatic rings. The minimum absolute atomic E-state index is 0.108. The van der Waals surface area contributed by atoms with E-state index in [1.165, 1.54) is 18.2 Å². The molecule has 0 atom stereocenters. The van der Waals surface area contributed by atoms with Crippen LogP contribution in [-0.4, -0.2) is 31.6 Å². The van der Waals surface area contributed by atoms with E-state index in [1.54, 1.807) is 20.8 Å². The van der Waals surface area contributed by atoms with Crippen molar-refractivity contribution in [1.82, 2.24) is 15.0 Å². The summed E-state index contributed by atoms with van der Waals surface area (Å²) in [6.07, 6.45) is -0.677. The summed E-state index contributed by atoms with van der Waals surface area (Å²) in [6, 6.07) is 3.95. The average Bonchev–Trinajstić information content (AvgIpc) is 2.68. The number of ether oxygens (including phenoxy) is 1. The highest BCUT2D eigenvalue weighted by Crippen LogP contribution is 2.19. The van der Waals surface area contributed by atoms with Gasteiger partial charge in [-0.3, -0.25) is 10.1 Å². The fourth-order valence-electron chi connectivity index (χ4n) is 1.47. The Bertz CT molecular complexity index is 656. The lowest BCUT2D eigenvalue weighted by atomic mass is 10.2. The Morgan fingerprint density at radius 2 is 2.11 bits per heavy atom. The lowest BCUT2D eigenvalue weighted by Crippen LogP contribution is -2.27. The zero-order valence-electron chi connectivity index (χ0n) is 10.7. The molecule has 0 fully saturated rings. The Hall–Kier alpha value is -2.51. The maximum absolute atomic E-state index is 11.9. The molecule has 2 rings (SSSR count). The highest BCUT2D eigenvalue weighted by molar-refractivity contribution is 5.86. The minimum Gasteiger partial charge on any atom is -0.442 e. The van der Waals surface area contributed by atoms with Gasteiger partial charge in [-0.1, -0.05) is 5.21 Å². The SMILES string of the molecule is CC(C)(C)OC(=O)n1nnc2cc([N+](=O)[O-])ccc21. The maximum atomic E-state index is 11.9. The van der Waals surface area contributed by atoms with Crippen molar-refractivity contribution in [2.24, 2.45) is 0 Å². The van der Waals surface area contributed by atoms with Gasteiger partial charge in [0.15, 0.2) is 0 Å². The zero-order valence-corrected chi connectivity index (χ0v) is 10.7. The van der Waals surface area contributed by atoms with Gasteiger partial charge < -0.3 is 4.74 Å². The topological polar surface area (TPSA) is 100 Å². The molecular formula is C11H12N4O4. The van der Waals surface area contributed by atoms with Crippen LogP contribution in [0.15, 0.2) is 18.2 Å². The van der Waals surface area contributed by atoms with Crippen molar-refractivity contribution >= 4 is 22.8 Å². The van der Waals surface area contributed by atoms with E-state index in [9.17, 15) is 14.9 Å². The van der Waals surface area contributed by atoms with Crippen molar-refractivity contribution in [3.8, 4) is 0 Å². The third kappa shape index (κ3) is 2.67. The molecule has 0 bridgehead atoms. The van der Waals surface area contributed by atoms with E-state index in [1.807, 2.05) is 0 Å². The van der Waals surface area contributed by atoms with Crippen molar-refractivity contribution in [2.45, 2.75) is 26.4 Å². The second-order valence-corrected chi connectivity index (χ2v) is 4.91. The molecule has 19 heavy (non-hydrogen) atoms. The van der Waals surface area contributed by atoms with Crippen LogP contribution in [-0.2, 0) is 4.74 Å². The average molecular weight is 264 g/mol. The van der Waals surface area contributed by atoms with Gasteiger partial charge in [0.1, 0.15) is 16.6 Å². The number of carbonyl (C=O) groups excluding carboxylic acids is 1. The summed E-state index contributed by atoms with van der Waals surface area (Å²) >= 11 is 0.